The molecule has 2 rings (SSSR count). The summed E-state index contributed by atoms with van der Waals surface area (Å²) in [5, 5.41) is 0. The summed E-state index contributed by atoms with van der Waals surface area (Å²) < 4.78 is 0. The molecular weight excluding hydrogens is 196 g/mol. The van der Waals surface area contributed by atoms with E-state index in [-0.39, 0.29) is 6.04 Å². The van der Waals surface area contributed by atoms with Gasteiger partial charge in [0.1, 0.15) is 0 Å². The van der Waals surface area contributed by atoms with Gasteiger partial charge in [-0.15, -0.1) is 0 Å². The van der Waals surface area contributed by atoms with Crippen LogP contribution in [0.2, 0.25) is 0 Å². The van der Waals surface area contributed by atoms with Gasteiger partial charge in [-0.3, -0.25) is 0 Å². The Hall–Kier alpha value is -0.860. The van der Waals surface area contributed by atoms with Gasteiger partial charge in [-0.2, -0.15) is 0 Å². The zero-order valence-electron chi connectivity index (χ0n) is 10.4. The Bertz CT molecular complexity index is 334. The van der Waals surface area contributed by atoms with Gasteiger partial charge in [-0.25, -0.2) is 0 Å². The number of benzene rings is 1. The second-order valence-corrected chi connectivity index (χ2v) is 5.04. The minimum atomic E-state index is 0.164. The van der Waals surface area contributed by atoms with Gasteiger partial charge in [0.15, 0.2) is 0 Å². The van der Waals surface area contributed by atoms with Crippen LogP contribution in [0.5, 0.6) is 0 Å². The molecule has 0 bridgehead atoms. The third-order valence-electron chi connectivity index (χ3n) is 3.33. The molecule has 0 amide bonds. The maximum absolute atomic E-state index is 6.27. The van der Waals surface area contributed by atoms with Crippen LogP contribution in [0.1, 0.15) is 35.6 Å². The van der Waals surface area contributed by atoms with Crippen LogP contribution in [0.4, 0.5) is 0 Å². The normalized spacial score (nSPS) is 18.9. The first-order chi connectivity index (χ1) is 7.65. The molecule has 2 nitrogen and oxygen atoms in total. The highest BCUT2D eigenvalue weighted by Crippen LogP contribution is 2.18. The first kappa shape index (κ1) is 11.6. The highest BCUT2D eigenvalue weighted by atomic mass is 15.1. The lowest BCUT2D eigenvalue weighted by atomic mass is 10.0. The Labute approximate surface area is 98.4 Å². The molecule has 0 aliphatic carbocycles. The van der Waals surface area contributed by atoms with Crippen molar-refractivity contribution in [1.29, 1.82) is 0 Å². The van der Waals surface area contributed by atoms with Crippen LogP contribution in [0.25, 0.3) is 0 Å². The Kier molecular flexibility index (Phi) is 3.62. The summed E-state index contributed by atoms with van der Waals surface area (Å²) >= 11 is 0. The summed E-state index contributed by atoms with van der Waals surface area (Å²) in [4.78, 5) is 2.47. The molecule has 1 saturated heterocycles. The van der Waals surface area contributed by atoms with Gasteiger partial charge < -0.3 is 10.6 Å². The van der Waals surface area contributed by atoms with Crippen molar-refractivity contribution in [2.75, 3.05) is 19.6 Å². The van der Waals surface area contributed by atoms with Crippen LogP contribution in [0.3, 0.4) is 0 Å². The van der Waals surface area contributed by atoms with Crippen molar-refractivity contribution in [3.63, 3.8) is 0 Å². The van der Waals surface area contributed by atoms with Gasteiger partial charge in [-0.05, 0) is 45.3 Å². The highest BCUT2D eigenvalue weighted by Gasteiger charge is 2.16. The lowest BCUT2D eigenvalue weighted by Gasteiger charge is -2.21. The topological polar surface area (TPSA) is 29.3 Å². The van der Waals surface area contributed by atoms with Crippen LogP contribution in [-0.2, 0) is 0 Å². The molecule has 1 fully saturated rings. The summed E-state index contributed by atoms with van der Waals surface area (Å²) in [5.74, 6) is 0. The van der Waals surface area contributed by atoms with E-state index in [2.05, 4.69) is 36.9 Å². The van der Waals surface area contributed by atoms with Crippen LogP contribution in [-0.4, -0.2) is 24.5 Å². The molecule has 0 saturated carbocycles. The van der Waals surface area contributed by atoms with E-state index in [1.165, 1.54) is 42.6 Å². The fraction of sp³-hybridized carbons (Fsp3) is 0.571. The zero-order valence-corrected chi connectivity index (χ0v) is 10.4. The molecule has 1 aromatic carbocycles. The van der Waals surface area contributed by atoms with E-state index in [0.717, 1.165) is 6.54 Å². The molecule has 1 heterocycles. The van der Waals surface area contributed by atoms with E-state index in [9.17, 15) is 0 Å². The third kappa shape index (κ3) is 2.83. The number of hydrogen-bond acceptors (Lipinski definition) is 2. The lowest BCUT2D eigenvalue weighted by Crippen LogP contribution is -2.29. The molecule has 1 aliphatic heterocycles. The van der Waals surface area contributed by atoms with E-state index >= 15 is 0 Å². The Morgan fingerprint density at radius 1 is 1.12 bits per heavy atom. The van der Waals surface area contributed by atoms with Gasteiger partial charge in [0.25, 0.3) is 0 Å². The van der Waals surface area contributed by atoms with Crippen molar-refractivity contribution >= 4 is 0 Å². The number of nitrogens with two attached hydrogens (primary N) is 1. The predicted molar refractivity (Wildman–Crippen MR) is 68.5 cm³/mol. The first-order valence-corrected chi connectivity index (χ1v) is 6.21. The maximum Gasteiger partial charge on any atom is 0.0424 e. The van der Waals surface area contributed by atoms with Crippen LogP contribution >= 0.6 is 0 Å². The van der Waals surface area contributed by atoms with Gasteiger partial charge in [-0.1, -0.05) is 29.3 Å². The number of likely N-dealkylation sites (tertiary alicyclic amines) is 1. The van der Waals surface area contributed by atoms with E-state index in [1.807, 2.05) is 0 Å². The Morgan fingerprint density at radius 2 is 1.69 bits per heavy atom. The standard InChI is InChI=1S/C14H22N2/c1-11-7-12(2)9-13(8-11)14(15)10-16-5-3-4-6-16/h7-9,14H,3-6,10,15H2,1-2H3. The second-order valence-electron chi connectivity index (χ2n) is 5.04. The van der Waals surface area contributed by atoms with E-state index in [1.54, 1.807) is 0 Å². The predicted octanol–water partition coefficient (Wildman–Crippen LogP) is 2.40. The van der Waals surface area contributed by atoms with E-state index < -0.39 is 0 Å². The smallest absolute Gasteiger partial charge is 0.0424 e. The van der Waals surface area contributed by atoms with Crippen LogP contribution in [0, 0.1) is 13.8 Å². The largest absolute Gasteiger partial charge is 0.323 e. The Morgan fingerprint density at radius 3 is 2.25 bits per heavy atom. The number of nitrogens with zero attached hydrogens (tertiary/aromatic N) is 1. The molecule has 1 aromatic rings. The first-order valence-electron chi connectivity index (χ1n) is 6.21. The Balaban J connectivity index is 2.04. The minimum Gasteiger partial charge on any atom is -0.323 e. The summed E-state index contributed by atoms with van der Waals surface area (Å²) in [7, 11) is 0. The average molecular weight is 218 g/mol. The molecule has 0 aromatic heterocycles. The third-order valence-corrected chi connectivity index (χ3v) is 3.33. The molecule has 0 radical (unpaired) electrons. The fourth-order valence-electron chi connectivity index (χ4n) is 2.57. The van der Waals surface area contributed by atoms with Crippen molar-refractivity contribution < 1.29 is 0 Å². The number of rotatable bonds is 3. The van der Waals surface area contributed by atoms with Crippen molar-refractivity contribution in [3.05, 3.63) is 34.9 Å². The van der Waals surface area contributed by atoms with Crippen LogP contribution < -0.4 is 5.73 Å². The molecule has 1 unspecified atom stereocenters. The lowest BCUT2D eigenvalue weighted by molar-refractivity contribution is 0.316. The van der Waals surface area contributed by atoms with Gasteiger partial charge in [0.05, 0.1) is 0 Å². The van der Waals surface area contributed by atoms with Crippen molar-refractivity contribution in [3.8, 4) is 0 Å². The molecule has 16 heavy (non-hydrogen) atoms. The van der Waals surface area contributed by atoms with Crippen LogP contribution in [0.15, 0.2) is 18.2 Å². The molecule has 1 aliphatic rings. The van der Waals surface area contributed by atoms with Crippen molar-refractivity contribution in [2.45, 2.75) is 32.7 Å². The van der Waals surface area contributed by atoms with Crippen molar-refractivity contribution in [2.24, 2.45) is 5.73 Å². The zero-order chi connectivity index (χ0) is 11.5. The number of aryl methyl sites for hydroxylation is 2. The van der Waals surface area contributed by atoms with Gasteiger partial charge in [0.2, 0.25) is 0 Å². The van der Waals surface area contributed by atoms with E-state index in [0.29, 0.717) is 0 Å². The average Bonchev–Trinajstić information content (AvgIpc) is 2.68. The van der Waals surface area contributed by atoms with Gasteiger partial charge >= 0.3 is 0 Å². The highest BCUT2D eigenvalue weighted by molar-refractivity contribution is 5.30. The number of hydrogen-bond donors (Lipinski definition) is 1. The minimum absolute atomic E-state index is 0.164. The SMILES string of the molecule is Cc1cc(C)cc(C(N)CN2CCCC2)c1. The van der Waals surface area contributed by atoms with Gasteiger partial charge in [0, 0.05) is 12.6 Å². The summed E-state index contributed by atoms with van der Waals surface area (Å²) in [6, 6.07) is 6.80. The maximum atomic E-state index is 6.27. The summed E-state index contributed by atoms with van der Waals surface area (Å²) in [5.41, 5.74) is 10.2. The second kappa shape index (κ2) is 4.98. The van der Waals surface area contributed by atoms with E-state index in [4.69, 9.17) is 5.73 Å². The molecular formula is C14H22N2. The molecule has 0 spiro atoms. The molecule has 2 N–H and O–H groups in total. The monoisotopic (exact) mass is 218 g/mol. The quantitative estimate of drug-likeness (QED) is 0.844. The van der Waals surface area contributed by atoms with Crippen molar-refractivity contribution in [1.82, 2.24) is 4.90 Å². The molecule has 1 atom stereocenters. The summed E-state index contributed by atoms with van der Waals surface area (Å²) in [6.45, 7) is 7.72. The molecule has 88 valence electrons. The fourth-order valence-corrected chi connectivity index (χ4v) is 2.57. The summed E-state index contributed by atoms with van der Waals surface area (Å²) in [6.07, 6.45) is 2.67. The molecule has 2 heteroatoms.